The van der Waals surface area contributed by atoms with E-state index in [-0.39, 0.29) is 83.6 Å². The molecule has 4 aromatic rings. The largest absolute Gasteiger partial charge is 0.489 e. The molecule has 1 aromatic heterocycles. The first-order valence-corrected chi connectivity index (χ1v) is 23.6. The summed E-state index contributed by atoms with van der Waals surface area (Å²) >= 11 is 6.52. The first-order valence-electron chi connectivity index (χ1n) is 21.6. The van der Waals surface area contributed by atoms with Crippen molar-refractivity contribution in [1.29, 1.82) is 4.78 Å². The van der Waals surface area contributed by atoms with Crippen molar-refractivity contribution < 1.29 is 37.7 Å². The van der Waals surface area contributed by atoms with E-state index >= 15 is 0 Å². The fourth-order valence-corrected chi connectivity index (χ4v) is 9.65. The lowest BCUT2D eigenvalue weighted by atomic mass is 9.86. The quantitative estimate of drug-likeness (QED) is 0.0732. The molecule has 6 amide bonds. The van der Waals surface area contributed by atoms with Crippen molar-refractivity contribution in [3.05, 3.63) is 88.1 Å². The number of likely N-dealkylation sites (tertiary alicyclic amines) is 1. The Kier molecular flexibility index (Phi) is 13.9. The third kappa shape index (κ3) is 10.1. The summed E-state index contributed by atoms with van der Waals surface area (Å²) in [6.07, 6.45) is 3.19. The van der Waals surface area contributed by atoms with E-state index in [2.05, 4.69) is 31.2 Å². The summed E-state index contributed by atoms with van der Waals surface area (Å²) in [6.45, 7) is 10.5. The molecule has 65 heavy (non-hydrogen) atoms. The van der Waals surface area contributed by atoms with Crippen LogP contribution in [-0.2, 0) is 28.9 Å². The van der Waals surface area contributed by atoms with Gasteiger partial charge in [0.05, 0.1) is 55.1 Å². The molecule has 342 valence electrons. The number of carbonyl (C=O) groups excluding carboxylic acids is 6. The van der Waals surface area contributed by atoms with Crippen molar-refractivity contribution in [2.45, 2.75) is 108 Å². The van der Waals surface area contributed by atoms with Gasteiger partial charge in [-0.3, -0.25) is 39.0 Å². The van der Waals surface area contributed by atoms with Crippen molar-refractivity contribution in [2.24, 2.45) is 0 Å². The van der Waals surface area contributed by atoms with E-state index in [1.165, 1.54) is 24.4 Å². The zero-order chi connectivity index (χ0) is 46.7. The van der Waals surface area contributed by atoms with E-state index in [0.717, 1.165) is 28.9 Å². The van der Waals surface area contributed by atoms with E-state index in [9.17, 15) is 33.0 Å². The van der Waals surface area contributed by atoms with Gasteiger partial charge in [-0.2, -0.15) is 4.98 Å². The van der Waals surface area contributed by atoms with Crippen molar-refractivity contribution in [1.82, 2.24) is 25.1 Å². The minimum atomic E-state index is -3.11. The highest BCUT2D eigenvalue weighted by Gasteiger charge is 2.45. The van der Waals surface area contributed by atoms with Gasteiger partial charge in [0.1, 0.15) is 16.8 Å². The summed E-state index contributed by atoms with van der Waals surface area (Å²) in [6, 6.07) is 14.3. The van der Waals surface area contributed by atoms with Crippen LogP contribution in [0.4, 0.5) is 28.8 Å². The molecule has 2 fully saturated rings. The maximum absolute atomic E-state index is 13.4. The summed E-state index contributed by atoms with van der Waals surface area (Å²) in [5.74, 6) is -1.81. The van der Waals surface area contributed by atoms with Crippen LogP contribution in [0.2, 0.25) is 5.02 Å². The van der Waals surface area contributed by atoms with Crippen molar-refractivity contribution in [3.63, 3.8) is 0 Å². The van der Waals surface area contributed by atoms with Crippen molar-refractivity contribution in [2.75, 3.05) is 29.0 Å². The van der Waals surface area contributed by atoms with Crippen LogP contribution >= 0.6 is 11.6 Å². The topological polar surface area (TPSA) is 233 Å². The van der Waals surface area contributed by atoms with Crippen LogP contribution in [-0.4, -0.2) is 89.9 Å². The summed E-state index contributed by atoms with van der Waals surface area (Å²) < 4.78 is 28.2. The fraction of sp³-hybridized carbons (Fsp3) is 0.391. The van der Waals surface area contributed by atoms with E-state index in [0.29, 0.717) is 35.1 Å². The molecule has 0 saturated carbocycles. The van der Waals surface area contributed by atoms with Gasteiger partial charge in [0.25, 0.3) is 11.8 Å². The number of carbonyl (C=O) groups is 6. The number of rotatable bonds is 15. The van der Waals surface area contributed by atoms with Crippen LogP contribution in [0.5, 0.6) is 5.75 Å². The number of piperidine rings is 2. The normalized spacial score (nSPS) is 17.5. The first kappa shape index (κ1) is 46.6. The number of nitrogens with one attached hydrogen (secondary N) is 5. The molecule has 3 aliphatic heterocycles. The average Bonchev–Trinajstić information content (AvgIpc) is 3.51. The summed E-state index contributed by atoms with van der Waals surface area (Å²) in [4.78, 5) is 89.1. The van der Waals surface area contributed by atoms with Crippen molar-refractivity contribution in [3.8, 4) is 5.75 Å². The SMILES string of the molecule is Cc1cc(Nc2ncc(Cl)c(Nc3ccccc3S(=N)(=O)C(C)C)n2)c(OC(C)C)cc1C1CCN(C(=O)CCCC(=O)Nc2cccc3c2C(=O)N(C2CCC(=O)NC2=O)C3=O)CC1. The molecule has 0 spiro atoms. The smallest absolute Gasteiger partial charge is 0.264 e. The maximum atomic E-state index is 13.4. The second-order valence-electron chi connectivity index (χ2n) is 16.9. The highest BCUT2D eigenvalue weighted by atomic mass is 35.5. The Morgan fingerprint density at radius 1 is 0.938 bits per heavy atom. The molecule has 5 N–H and O–H groups in total. The number of nitrogens with zero attached hydrogens (tertiary/aromatic N) is 4. The third-order valence-electron chi connectivity index (χ3n) is 11.7. The molecular formula is C46H52ClN9O8S. The van der Waals surface area contributed by atoms with Gasteiger partial charge >= 0.3 is 0 Å². The number of halogens is 1. The first-order chi connectivity index (χ1) is 30.9. The Morgan fingerprint density at radius 2 is 1.66 bits per heavy atom. The van der Waals surface area contributed by atoms with Gasteiger partial charge in [0, 0.05) is 37.6 Å². The monoisotopic (exact) mass is 925 g/mol. The van der Waals surface area contributed by atoms with Gasteiger partial charge in [-0.25, -0.2) is 14.0 Å². The molecule has 2 saturated heterocycles. The summed E-state index contributed by atoms with van der Waals surface area (Å²) in [5.41, 5.74) is 3.40. The van der Waals surface area contributed by atoms with Crippen LogP contribution in [0.25, 0.3) is 0 Å². The average molecular weight is 926 g/mol. The van der Waals surface area contributed by atoms with Gasteiger partial charge in [0.15, 0.2) is 5.82 Å². The molecule has 19 heteroatoms. The fourth-order valence-electron chi connectivity index (χ4n) is 8.27. The second-order valence-corrected chi connectivity index (χ2v) is 19.9. The zero-order valence-corrected chi connectivity index (χ0v) is 38.4. The van der Waals surface area contributed by atoms with E-state index in [1.54, 1.807) is 38.1 Å². The molecular weight excluding hydrogens is 874 g/mol. The highest BCUT2D eigenvalue weighted by molar-refractivity contribution is 7.93. The number of aryl methyl sites for hydroxylation is 1. The maximum Gasteiger partial charge on any atom is 0.264 e. The predicted octanol–water partition coefficient (Wildman–Crippen LogP) is 7.44. The van der Waals surface area contributed by atoms with E-state index in [4.69, 9.17) is 21.1 Å². The molecule has 2 atom stereocenters. The molecule has 7 rings (SSSR count). The molecule has 4 heterocycles. The zero-order valence-electron chi connectivity index (χ0n) is 36.8. The summed E-state index contributed by atoms with van der Waals surface area (Å²) in [5, 5.41) is 11.1. The second kappa shape index (κ2) is 19.4. The van der Waals surface area contributed by atoms with E-state index in [1.807, 2.05) is 37.8 Å². The van der Waals surface area contributed by atoms with Gasteiger partial charge in [0.2, 0.25) is 29.6 Å². The molecule has 17 nitrogen and oxygen atoms in total. The molecule has 0 bridgehead atoms. The minimum absolute atomic E-state index is 0.00309. The number of hydrogen-bond donors (Lipinski definition) is 5. The Balaban J connectivity index is 0.945. The number of anilines is 5. The lowest BCUT2D eigenvalue weighted by Gasteiger charge is -2.33. The van der Waals surface area contributed by atoms with Crippen LogP contribution in [0.1, 0.15) is 110 Å². The lowest BCUT2D eigenvalue weighted by Crippen LogP contribution is -2.54. The van der Waals surface area contributed by atoms with Gasteiger partial charge in [-0.05, 0) is 114 Å². The minimum Gasteiger partial charge on any atom is -0.489 e. The predicted molar refractivity (Wildman–Crippen MR) is 245 cm³/mol. The number of imide groups is 2. The third-order valence-corrected chi connectivity index (χ3v) is 14.3. The number of hydrogen-bond acceptors (Lipinski definition) is 13. The molecule has 0 aliphatic carbocycles. The Bertz CT molecular complexity index is 2680. The van der Waals surface area contributed by atoms with Crippen LogP contribution in [0.15, 0.2) is 65.7 Å². The number of para-hydroxylation sites is 1. The van der Waals surface area contributed by atoms with Crippen molar-refractivity contribution >= 4 is 85.6 Å². The number of fused-ring (bicyclic) bond motifs is 1. The Labute approximate surface area is 382 Å². The Morgan fingerprint density at radius 3 is 2.37 bits per heavy atom. The van der Waals surface area contributed by atoms with Gasteiger partial charge in [-0.1, -0.05) is 29.8 Å². The number of amides is 6. The standard InChI is InChI=1S/C46H52ClN9O8S/c1-25(2)64-36-23-30(27(5)22-34(36)52-46-49-24-31(47)42(54-46)51-32-11-6-7-13-37(32)65(48,63)26(3)4)28-18-20-55(21-19-28)40(59)15-9-14-38(57)50-33-12-8-10-29-41(33)45(62)56(44(29)61)35-16-17-39(58)53-43(35)60/h6-8,10-13,22-26,28,35,48H,9,14-21H2,1-5H3,(H,50,57)(H,53,58,60)(H2,49,51,52,54). The van der Waals surface area contributed by atoms with Crippen LogP contribution in [0.3, 0.4) is 0 Å². The van der Waals surface area contributed by atoms with Crippen LogP contribution < -0.4 is 26.0 Å². The molecule has 0 radical (unpaired) electrons. The van der Waals surface area contributed by atoms with E-state index < -0.39 is 50.6 Å². The van der Waals surface area contributed by atoms with Gasteiger partial charge in [-0.15, -0.1) is 0 Å². The molecule has 2 unspecified atom stereocenters. The Hall–Kier alpha value is -6.40. The number of ether oxygens (including phenoxy) is 1. The number of benzene rings is 3. The van der Waals surface area contributed by atoms with Crippen LogP contribution in [0, 0.1) is 11.7 Å². The number of aromatic nitrogens is 2. The summed E-state index contributed by atoms with van der Waals surface area (Å²) in [7, 11) is -3.11. The van der Waals surface area contributed by atoms with Gasteiger partial charge < -0.3 is 25.6 Å². The molecule has 3 aromatic carbocycles. The highest BCUT2D eigenvalue weighted by Crippen LogP contribution is 2.39. The molecule has 3 aliphatic rings. The lowest BCUT2D eigenvalue weighted by molar-refractivity contribution is -0.136.